The average molecular weight is 323 g/mol. The largest absolute Gasteiger partial charge is 0.465 e. The highest BCUT2D eigenvalue weighted by Crippen LogP contribution is 2.33. The zero-order valence-corrected chi connectivity index (χ0v) is 12.4. The molecule has 0 aliphatic carbocycles. The summed E-state index contributed by atoms with van der Waals surface area (Å²) in [6, 6.07) is 0. The van der Waals surface area contributed by atoms with Crippen molar-refractivity contribution in [3.8, 4) is 0 Å². The molecule has 0 aromatic heterocycles. The minimum absolute atomic E-state index is 0.0437. The molecule has 0 radical (unpaired) electrons. The normalized spacial score (nSPS) is 12.7. The first-order chi connectivity index (χ1) is 8.19. The average Bonchev–Trinajstić information content (AvgIpc) is 2.21. The van der Waals surface area contributed by atoms with Gasteiger partial charge in [-0.3, -0.25) is 9.59 Å². The minimum Gasteiger partial charge on any atom is -0.465 e. The van der Waals surface area contributed by atoms with Gasteiger partial charge in [0.2, 0.25) is 0 Å². The summed E-state index contributed by atoms with van der Waals surface area (Å²) in [7, 11) is 0. The maximum absolute atomic E-state index is 10.9. The lowest BCUT2D eigenvalue weighted by Crippen LogP contribution is -2.43. The molecule has 6 heteroatoms. The van der Waals surface area contributed by atoms with Crippen molar-refractivity contribution in [2.45, 2.75) is 33.3 Å². The molecule has 0 aliphatic heterocycles. The minimum atomic E-state index is -0.891. The zero-order chi connectivity index (χ0) is 14.3. The third-order valence-electron chi connectivity index (χ3n) is 2.56. The van der Waals surface area contributed by atoms with Crippen molar-refractivity contribution >= 4 is 27.9 Å². The maximum atomic E-state index is 10.9. The van der Waals surface area contributed by atoms with Gasteiger partial charge in [0.05, 0.1) is 11.5 Å². The van der Waals surface area contributed by atoms with Gasteiger partial charge >= 0.3 is 11.9 Å². The van der Waals surface area contributed by atoms with Gasteiger partial charge in [-0.25, -0.2) is 0 Å². The molecule has 0 rings (SSSR count). The van der Waals surface area contributed by atoms with E-state index in [0.29, 0.717) is 10.9 Å². The van der Waals surface area contributed by atoms with E-state index in [1.165, 1.54) is 13.8 Å². The molecule has 0 aromatic rings. The van der Waals surface area contributed by atoms with Crippen LogP contribution < -0.4 is 0 Å². The highest BCUT2D eigenvalue weighted by atomic mass is 79.9. The van der Waals surface area contributed by atoms with Crippen LogP contribution in [0.5, 0.6) is 0 Å². The molecule has 0 bridgehead atoms. The SMILES string of the molecule is C=C(Br)CC(COC(C)=O)(COC(C)=O)C(C)O. The second-order valence-corrected chi connectivity index (χ2v) is 5.41. The number of esters is 2. The van der Waals surface area contributed by atoms with Crippen LogP contribution in [0.15, 0.2) is 11.1 Å². The van der Waals surface area contributed by atoms with Crippen LogP contribution in [0.2, 0.25) is 0 Å². The van der Waals surface area contributed by atoms with Crippen molar-refractivity contribution in [2.75, 3.05) is 13.2 Å². The van der Waals surface area contributed by atoms with Gasteiger partial charge in [0.1, 0.15) is 13.2 Å². The Morgan fingerprint density at radius 1 is 1.28 bits per heavy atom. The Morgan fingerprint density at radius 3 is 1.89 bits per heavy atom. The summed E-state index contributed by atoms with van der Waals surface area (Å²) in [5.41, 5.74) is -0.891. The van der Waals surface area contributed by atoms with Crippen molar-refractivity contribution in [3.63, 3.8) is 0 Å². The molecule has 1 unspecified atom stereocenters. The molecule has 1 N–H and O–H groups in total. The van der Waals surface area contributed by atoms with E-state index in [9.17, 15) is 14.7 Å². The van der Waals surface area contributed by atoms with Crippen LogP contribution >= 0.6 is 15.9 Å². The number of hydrogen-bond acceptors (Lipinski definition) is 5. The fraction of sp³-hybridized carbons (Fsp3) is 0.667. The molecule has 0 heterocycles. The number of rotatable bonds is 7. The number of ether oxygens (including phenoxy) is 2. The molecule has 0 amide bonds. The monoisotopic (exact) mass is 322 g/mol. The number of aliphatic hydroxyl groups is 1. The predicted octanol–water partition coefficient (Wildman–Crippen LogP) is 1.78. The lowest BCUT2D eigenvalue weighted by Gasteiger charge is -2.35. The first-order valence-electron chi connectivity index (χ1n) is 5.47. The van der Waals surface area contributed by atoms with E-state index in [1.807, 2.05) is 0 Å². The van der Waals surface area contributed by atoms with Gasteiger partial charge in [-0.15, -0.1) is 0 Å². The van der Waals surface area contributed by atoms with Crippen LogP contribution in [0.25, 0.3) is 0 Å². The van der Waals surface area contributed by atoms with E-state index in [0.717, 1.165) is 0 Å². The number of hydrogen-bond donors (Lipinski definition) is 1. The van der Waals surface area contributed by atoms with Crippen LogP contribution in [0.1, 0.15) is 27.2 Å². The summed E-state index contributed by atoms with van der Waals surface area (Å²) >= 11 is 3.21. The Hall–Kier alpha value is -0.880. The molecule has 104 valence electrons. The summed E-state index contributed by atoms with van der Waals surface area (Å²) in [5, 5.41) is 9.89. The molecular weight excluding hydrogens is 304 g/mol. The molecule has 18 heavy (non-hydrogen) atoms. The summed E-state index contributed by atoms with van der Waals surface area (Å²) in [4.78, 5) is 21.8. The van der Waals surface area contributed by atoms with Crippen LogP contribution in [-0.4, -0.2) is 36.4 Å². The fourth-order valence-electron chi connectivity index (χ4n) is 1.41. The third kappa shape index (κ3) is 6.16. The second-order valence-electron chi connectivity index (χ2n) is 4.29. The van der Waals surface area contributed by atoms with E-state index in [2.05, 4.69) is 22.5 Å². The summed E-state index contributed by atoms with van der Waals surface area (Å²) < 4.78 is 10.5. The Labute approximate surface area is 115 Å². The number of allylic oxidation sites excluding steroid dienone is 1. The number of halogens is 1. The van der Waals surface area contributed by atoms with E-state index in [4.69, 9.17) is 9.47 Å². The van der Waals surface area contributed by atoms with Crippen LogP contribution in [0.4, 0.5) is 0 Å². The highest BCUT2D eigenvalue weighted by molar-refractivity contribution is 9.11. The second kappa shape index (κ2) is 7.53. The van der Waals surface area contributed by atoms with Gasteiger partial charge in [-0.2, -0.15) is 0 Å². The molecule has 0 fully saturated rings. The Morgan fingerprint density at radius 2 is 1.67 bits per heavy atom. The van der Waals surface area contributed by atoms with Crippen molar-refractivity contribution in [2.24, 2.45) is 5.41 Å². The highest BCUT2D eigenvalue weighted by Gasteiger charge is 2.38. The lowest BCUT2D eigenvalue weighted by atomic mass is 9.81. The number of carbonyl (C=O) groups excluding carboxylic acids is 2. The molecule has 5 nitrogen and oxygen atoms in total. The van der Waals surface area contributed by atoms with E-state index in [-0.39, 0.29) is 13.2 Å². The van der Waals surface area contributed by atoms with E-state index < -0.39 is 23.5 Å². The Bertz CT molecular complexity index is 306. The molecule has 0 saturated heterocycles. The van der Waals surface area contributed by atoms with E-state index >= 15 is 0 Å². The third-order valence-corrected chi connectivity index (χ3v) is 2.84. The summed E-state index contributed by atoms with van der Waals surface area (Å²) in [6.45, 7) is 7.73. The smallest absolute Gasteiger partial charge is 0.302 e. The molecule has 1 atom stereocenters. The van der Waals surface area contributed by atoms with E-state index in [1.54, 1.807) is 6.92 Å². The Kier molecular flexibility index (Phi) is 7.16. The van der Waals surface area contributed by atoms with Crippen molar-refractivity contribution < 1.29 is 24.2 Å². The Balaban J connectivity index is 4.94. The number of aliphatic hydroxyl groups excluding tert-OH is 1. The lowest BCUT2D eigenvalue weighted by molar-refractivity contribution is -0.157. The first kappa shape index (κ1) is 17.1. The van der Waals surface area contributed by atoms with Gasteiger partial charge in [0.15, 0.2) is 0 Å². The zero-order valence-electron chi connectivity index (χ0n) is 10.9. The predicted molar refractivity (Wildman–Crippen MR) is 70.1 cm³/mol. The fourth-order valence-corrected chi connectivity index (χ4v) is 1.96. The van der Waals surface area contributed by atoms with Gasteiger partial charge < -0.3 is 14.6 Å². The van der Waals surface area contributed by atoms with Gasteiger partial charge in [-0.1, -0.05) is 22.5 Å². The van der Waals surface area contributed by atoms with Gasteiger partial charge in [0, 0.05) is 13.8 Å². The molecule has 0 aromatic carbocycles. The standard InChI is InChI=1S/C12H19BrO5/c1-8(13)5-12(9(2)14,6-17-10(3)15)7-18-11(4)16/h9,14H,1,5-7H2,2-4H3. The topological polar surface area (TPSA) is 72.8 Å². The summed E-state index contributed by atoms with van der Waals surface area (Å²) in [5.74, 6) is -0.911. The van der Waals surface area contributed by atoms with Crippen LogP contribution in [0.3, 0.4) is 0 Å². The van der Waals surface area contributed by atoms with Gasteiger partial charge in [0.25, 0.3) is 0 Å². The molecule has 0 saturated carbocycles. The van der Waals surface area contributed by atoms with Crippen LogP contribution in [-0.2, 0) is 19.1 Å². The quantitative estimate of drug-likeness (QED) is 0.723. The van der Waals surface area contributed by atoms with Crippen molar-refractivity contribution in [1.82, 2.24) is 0 Å². The summed E-state index contributed by atoms with van der Waals surface area (Å²) in [6.07, 6.45) is -0.504. The molecular formula is C12H19BrO5. The first-order valence-corrected chi connectivity index (χ1v) is 6.27. The molecule has 0 spiro atoms. The number of carbonyl (C=O) groups is 2. The maximum Gasteiger partial charge on any atom is 0.302 e. The van der Waals surface area contributed by atoms with Gasteiger partial charge in [-0.05, 0) is 17.8 Å². The molecule has 0 aliphatic rings. The van der Waals surface area contributed by atoms with Crippen molar-refractivity contribution in [1.29, 1.82) is 0 Å². The van der Waals surface area contributed by atoms with Crippen LogP contribution in [0, 0.1) is 5.41 Å². The van der Waals surface area contributed by atoms with Crippen molar-refractivity contribution in [3.05, 3.63) is 11.1 Å².